The lowest BCUT2D eigenvalue weighted by molar-refractivity contribution is -0.136. The summed E-state index contributed by atoms with van der Waals surface area (Å²) in [6, 6.07) is 15.3. The number of nitrogens with zero attached hydrogens (tertiary/aromatic N) is 1. The van der Waals surface area contributed by atoms with Crippen LogP contribution in [0.4, 0.5) is 11.4 Å². The molecule has 3 N–H and O–H groups in total. The second kappa shape index (κ2) is 13.5. The van der Waals surface area contributed by atoms with Gasteiger partial charge in [0.15, 0.2) is 18.1 Å². The molecule has 3 amide bonds. The average molecular weight is 557 g/mol. The number of carbonyl (C=O) groups excluding carboxylic acids is 3. The molecule has 3 aromatic rings. The monoisotopic (exact) mass is 556 g/mol. The molecule has 0 saturated heterocycles. The zero-order valence-corrected chi connectivity index (χ0v) is 22.4. The third-order valence-electron chi connectivity index (χ3n) is 4.92. The Morgan fingerprint density at radius 2 is 1.63 bits per heavy atom. The van der Waals surface area contributed by atoms with Gasteiger partial charge in [0.2, 0.25) is 0 Å². The third-order valence-corrected chi connectivity index (χ3v) is 5.74. The number of anilines is 2. The van der Waals surface area contributed by atoms with Gasteiger partial charge in [-0.3, -0.25) is 14.4 Å². The first-order valence-corrected chi connectivity index (χ1v) is 12.3. The molecule has 3 aromatic carbocycles. The van der Waals surface area contributed by atoms with Crippen LogP contribution in [-0.2, 0) is 14.4 Å². The second-order valence-electron chi connectivity index (χ2n) is 8.11. The van der Waals surface area contributed by atoms with Crippen LogP contribution in [0.5, 0.6) is 11.5 Å². The maximum Gasteiger partial charge on any atom is 0.329 e. The normalized spacial score (nSPS) is 10.7. The predicted octanol–water partition coefficient (Wildman–Crippen LogP) is 5.12. The minimum absolute atomic E-state index is 0.118. The smallest absolute Gasteiger partial charge is 0.329 e. The number of hydrazone groups is 1. The lowest BCUT2D eigenvalue weighted by Crippen LogP contribution is -2.32. The number of rotatable bonds is 9. The molecule has 0 fully saturated rings. The van der Waals surface area contributed by atoms with Crippen LogP contribution >= 0.6 is 23.2 Å². The van der Waals surface area contributed by atoms with Crippen molar-refractivity contribution < 1.29 is 23.9 Å². The minimum atomic E-state index is -1.00. The summed E-state index contributed by atoms with van der Waals surface area (Å²) in [7, 11) is 0. The highest BCUT2D eigenvalue weighted by Crippen LogP contribution is 2.30. The summed E-state index contributed by atoms with van der Waals surface area (Å²) in [6.45, 7) is 5.85. The fourth-order valence-electron chi connectivity index (χ4n) is 3.38. The summed E-state index contributed by atoms with van der Waals surface area (Å²) in [6.07, 6.45) is 1.33. The van der Waals surface area contributed by atoms with Gasteiger partial charge in [0.05, 0.1) is 28.6 Å². The van der Waals surface area contributed by atoms with Crippen molar-refractivity contribution >= 4 is 58.5 Å². The fraction of sp³-hybridized carbons (Fsp3) is 0.185. The number of carbonyl (C=O) groups is 3. The largest absolute Gasteiger partial charge is 0.490 e. The van der Waals surface area contributed by atoms with Gasteiger partial charge in [-0.25, -0.2) is 5.43 Å². The van der Waals surface area contributed by atoms with E-state index in [1.54, 1.807) is 30.3 Å². The topological polar surface area (TPSA) is 118 Å². The van der Waals surface area contributed by atoms with E-state index in [0.717, 1.165) is 11.1 Å². The van der Waals surface area contributed by atoms with Crippen LogP contribution < -0.4 is 25.5 Å². The van der Waals surface area contributed by atoms with E-state index in [4.69, 9.17) is 32.7 Å². The summed E-state index contributed by atoms with van der Waals surface area (Å²) in [5, 5.41) is 9.34. The van der Waals surface area contributed by atoms with Crippen molar-refractivity contribution in [3.63, 3.8) is 0 Å². The van der Waals surface area contributed by atoms with E-state index in [1.807, 2.05) is 39.0 Å². The van der Waals surface area contributed by atoms with E-state index in [-0.39, 0.29) is 28.2 Å². The molecule has 0 radical (unpaired) electrons. The Kier molecular flexibility index (Phi) is 10.1. The second-order valence-corrected chi connectivity index (χ2v) is 8.89. The molecule has 0 atom stereocenters. The first-order chi connectivity index (χ1) is 18.2. The van der Waals surface area contributed by atoms with Gasteiger partial charge in [-0.15, -0.1) is 0 Å². The van der Waals surface area contributed by atoms with E-state index in [9.17, 15) is 14.4 Å². The lowest BCUT2D eigenvalue weighted by atomic mass is 10.1. The molecule has 3 rings (SSSR count). The summed E-state index contributed by atoms with van der Waals surface area (Å²) in [5.41, 5.74) is 5.67. The molecule has 0 spiro atoms. The highest BCUT2D eigenvalue weighted by atomic mass is 35.5. The van der Waals surface area contributed by atoms with Gasteiger partial charge in [0.1, 0.15) is 0 Å². The Hall–Kier alpha value is -4.08. The number of nitrogens with one attached hydrogen (secondary N) is 3. The number of benzene rings is 3. The number of hydrogen-bond acceptors (Lipinski definition) is 6. The van der Waals surface area contributed by atoms with Gasteiger partial charge in [0.25, 0.3) is 5.91 Å². The van der Waals surface area contributed by atoms with Gasteiger partial charge >= 0.3 is 11.8 Å². The van der Waals surface area contributed by atoms with Crippen LogP contribution in [0.15, 0.2) is 59.7 Å². The Morgan fingerprint density at radius 1 is 0.895 bits per heavy atom. The van der Waals surface area contributed by atoms with E-state index in [1.165, 1.54) is 12.3 Å². The first kappa shape index (κ1) is 28.5. The molecule has 0 aliphatic rings. The van der Waals surface area contributed by atoms with E-state index >= 15 is 0 Å². The summed E-state index contributed by atoms with van der Waals surface area (Å²) >= 11 is 11.9. The average Bonchev–Trinajstić information content (AvgIpc) is 2.85. The van der Waals surface area contributed by atoms with Crippen molar-refractivity contribution in [1.29, 1.82) is 0 Å². The summed E-state index contributed by atoms with van der Waals surface area (Å²) in [4.78, 5) is 36.6. The molecule has 0 aliphatic heterocycles. The van der Waals surface area contributed by atoms with Crippen LogP contribution in [0.3, 0.4) is 0 Å². The van der Waals surface area contributed by atoms with Gasteiger partial charge < -0.3 is 20.1 Å². The van der Waals surface area contributed by atoms with Gasteiger partial charge in [-0.05, 0) is 79.9 Å². The maximum absolute atomic E-state index is 12.4. The molecule has 38 heavy (non-hydrogen) atoms. The van der Waals surface area contributed by atoms with Crippen LogP contribution in [0.1, 0.15) is 23.6 Å². The van der Waals surface area contributed by atoms with E-state index < -0.39 is 11.8 Å². The molecular formula is C27H26Cl2N4O5. The maximum atomic E-state index is 12.4. The van der Waals surface area contributed by atoms with Crippen LogP contribution in [0.2, 0.25) is 10.0 Å². The first-order valence-electron chi connectivity index (χ1n) is 11.5. The molecule has 0 heterocycles. The number of aryl methyl sites for hydroxylation is 2. The Labute approximate surface area is 230 Å². The Balaban J connectivity index is 1.58. The van der Waals surface area contributed by atoms with Crippen molar-refractivity contribution in [1.82, 2.24) is 5.43 Å². The molecule has 0 saturated carbocycles. The van der Waals surface area contributed by atoms with Crippen molar-refractivity contribution in [2.45, 2.75) is 20.8 Å². The molecule has 0 aliphatic carbocycles. The van der Waals surface area contributed by atoms with E-state index in [0.29, 0.717) is 29.4 Å². The van der Waals surface area contributed by atoms with Crippen LogP contribution in [-0.4, -0.2) is 37.1 Å². The highest BCUT2D eigenvalue weighted by Gasteiger charge is 2.15. The highest BCUT2D eigenvalue weighted by molar-refractivity contribution is 6.45. The summed E-state index contributed by atoms with van der Waals surface area (Å²) < 4.78 is 11.3. The summed E-state index contributed by atoms with van der Waals surface area (Å²) in [5.74, 6) is -1.54. The van der Waals surface area contributed by atoms with Gasteiger partial charge in [-0.2, -0.15) is 5.10 Å². The number of amides is 3. The SMILES string of the molecule is CCOc1cc(/C=N\NC(=O)C(=O)Nc2cccc(Cl)c2Cl)ccc1OCC(=O)Nc1cc(C)cc(C)c1. The van der Waals surface area contributed by atoms with Crippen LogP contribution in [0, 0.1) is 13.8 Å². The molecule has 0 bridgehead atoms. The number of halogens is 2. The third kappa shape index (κ3) is 8.22. The molecule has 198 valence electrons. The lowest BCUT2D eigenvalue weighted by Gasteiger charge is -2.13. The molecule has 11 heteroatoms. The predicted molar refractivity (Wildman–Crippen MR) is 148 cm³/mol. The Morgan fingerprint density at radius 3 is 2.34 bits per heavy atom. The quantitative estimate of drug-likeness (QED) is 0.192. The molecule has 0 aromatic heterocycles. The number of hydrogen-bond donors (Lipinski definition) is 3. The van der Waals surface area contributed by atoms with Crippen molar-refractivity contribution in [2.24, 2.45) is 5.10 Å². The van der Waals surface area contributed by atoms with E-state index in [2.05, 4.69) is 21.2 Å². The van der Waals surface area contributed by atoms with Crippen LogP contribution in [0.25, 0.3) is 0 Å². The molecular weight excluding hydrogens is 531 g/mol. The van der Waals surface area contributed by atoms with Crippen molar-refractivity contribution in [3.8, 4) is 11.5 Å². The Bertz CT molecular complexity index is 1360. The van der Waals surface area contributed by atoms with Crippen molar-refractivity contribution in [2.75, 3.05) is 23.8 Å². The molecule has 9 nitrogen and oxygen atoms in total. The van der Waals surface area contributed by atoms with Gasteiger partial charge in [-0.1, -0.05) is 35.3 Å². The number of ether oxygens (including phenoxy) is 2. The zero-order valence-electron chi connectivity index (χ0n) is 20.9. The van der Waals surface area contributed by atoms with Gasteiger partial charge in [0, 0.05) is 5.69 Å². The zero-order chi connectivity index (χ0) is 27.7. The molecule has 0 unspecified atom stereocenters. The standard InChI is InChI=1S/C27H26Cl2N4O5/c1-4-37-23-13-18(14-30-33-27(36)26(35)32-21-7-5-6-20(28)25(21)29)8-9-22(23)38-15-24(34)31-19-11-16(2)10-17(3)12-19/h5-14H,4,15H2,1-3H3,(H,31,34)(H,32,35)(H,33,36)/b30-14-. The van der Waals surface area contributed by atoms with Crippen molar-refractivity contribution in [3.05, 3.63) is 81.3 Å². The fourth-order valence-corrected chi connectivity index (χ4v) is 3.72. The minimum Gasteiger partial charge on any atom is -0.490 e.